The summed E-state index contributed by atoms with van der Waals surface area (Å²) in [7, 11) is 0. The highest BCUT2D eigenvalue weighted by atomic mass is 16.2. The minimum atomic E-state index is -0.704. The number of carbonyl (C=O) groups is 3. The number of amides is 4. The van der Waals surface area contributed by atoms with E-state index in [1.807, 2.05) is 17.0 Å². The molecule has 2 N–H and O–H groups in total. The van der Waals surface area contributed by atoms with Crippen LogP contribution in [0.5, 0.6) is 0 Å². The highest BCUT2D eigenvalue weighted by molar-refractivity contribution is 6.07. The molecule has 1 aromatic heterocycles. The van der Waals surface area contributed by atoms with Crippen molar-refractivity contribution in [3.8, 4) is 0 Å². The van der Waals surface area contributed by atoms with Crippen molar-refractivity contribution in [2.45, 2.75) is 50.6 Å². The summed E-state index contributed by atoms with van der Waals surface area (Å²) in [6, 6.07) is 7.79. The van der Waals surface area contributed by atoms with E-state index in [2.05, 4.69) is 22.4 Å². The average molecular weight is 380 g/mol. The van der Waals surface area contributed by atoms with Crippen LogP contribution in [-0.4, -0.2) is 51.3 Å². The van der Waals surface area contributed by atoms with Crippen LogP contribution < -0.4 is 5.32 Å². The molecule has 146 valence electrons. The van der Waals surface area contributed by atoms with Crippen molar-refractivity contribution in [3.63, 3.8) is 0 Å². The van der Waals surface area contributed by atoms with Gasteiger partial charge in [-0.05, 0) is 18.9 Å². The molecule has 2 aromatic rings. The first-order valence-electron chi connectivity index (χ1n) is 10.1. The van der Waals surface area contributed by atoms with E-state index in [-0.39, 0.29) is 30.8 Å². The minimum Gasteiger partial charge on any atom is -0.358 e. The highest BCUT2D eigenvalue weighted by Gasteiger charge is 2.52. The molecular formula is C21H24N4O3. The second-order valence-corrected chi connectivity index (χ2v) is 8.12. The molecule has 1 spiro atoms. The van der Waals surface area contributed by atoms with Crippen LogP contribution in [0.2, 0.25) is 0 Å². The lowest BCUT2D eigenvalue weighted by molar-refractivity contribution is -0.134. The van der Waals surface area contributed by atoms with Crippen molar-refractivity contribution in [1.29, 1.82) is 0 Å². The zero-order chi connectivity index (χ0) is 19.3. The number of hydrogen-bond donors (Lipinski definition) is 2. The number of rotatable bonds is 3. The predicted molar refractivity (Wildman–Crippen MR) is 103 cm³/mol. The largest absolute Gasteiger partial charge is 0.358 e. The number of carbonyl (C=O) groups excluding carboxylic acids is 3. The van der Waals surface area contributed by atoms with E-state index in [9.17, 15) is 14.4 Å². The van der Waals surface area contributed by atoms with Crippen molar-refractivity contribution in [2.75, 3.05) is 13.1 Å². The number of benzene rings is 1. The summed E-state index contributed by atoms with van der Waals surface area (Å²) in [6.45, 7) is 1.38. The van der Waals surface area contributed by atoms with E-state index in [0.717, 1.165) is 30.2 Å². The van der Waals surface area contributed by atoms with E-state index >= 15 is 0 Å². The number of para-hydroxylation sites is 1. The van der Waals surface area contributed by atoms with E-state index < -0.39 is 5.54 Å². The maximum Gasteiger partial charge on any atom is 0.325 e. The lowest BCUT2D eigenvalue weighted by Crippen LogP contribution is -2.44. The number of aromatic amines is 1. The van der Waals surface area contributed by atoms with Crippen LogP contribution >= 0.6 is 0 Å². The van der Waals surface area contributed by atoms with Gasteiger partial charge < -0.3 is 15.2 Å². The van der Waals surface area contributed by atoms with Gasteiger partial charge in [-0.3, -0.25) is 14.5 Å². The van der Waals surface area contributed by atoms with Gasteiger partial charge in [0.25, 0.3) is 5.91 Å². The number of aromatic nitrogens is 1. The molecule has 7 nitrogen and oxygen atoms in total. The zero-order valence-corrected chi connectivity index (χ0v) is 15.8. The van der Waals surface area contributed by atoms with Crippen molar-refractivity contribution in [3.05, 3.63) is 35.5 Å². The van der Waals surface area contributed by atoms with Gasteiger partial charge in [0.2, 0.25) is 5.91 Å². The van der Waals surface area contributed by atoms with Crippen LogP contribution in [0.25, 0.3) is 10.9 Å². The second kappa shape index (κ2) is 6.36. The standard InChI is InChI=1S/C21H24N4O3/c26-18(8-12-25-19(27)21(23-20(25)28)9-3-4-10-21)24-11-7-17-15(13-24)14-5-1-2-6-16(14)22-17/h1-2,5-6,22H,3-4,7-13H2,(H,23,28). The van der Waals surface area contributed by atoms with Gasteiger partial charge in [0, 0.05) is 54.6 Å². The molecule has 0 radical (unpaired) electrons. The third-order valence-electron chi connectivity index (χ3n) is 6.49. The summed E-state index contributed by atoms with van der Waals surface area (Å²) >= 11 is 0. The van der Waals surface area contributed by atoms with Gasteiger partial charge in [-0.25, -0.2) is 4.79 Å². The summed E-state index contributed by atoms with van der Waals surface area (Å²) in [5.74, 6) is -0.163. The summed E-state index contributed by atoms with van der Waals surface area (Å²) in [4.78, 5) is 44.3. The lowest BCUT2D eigenvalue weighted by Gasteiger charge is -2.28. The molecule has 2 aliphatic heterocycles. The Hall–Kier alpha value is -2.83. The summed E-state index contributed by atoms with van der Waals surface area (Å²) in [5.41, 5.74) is 2.77. The van der Waals surface area contributed by atoms with Gasteiger partial charge >= 0.3 is 6.03 Å². The fourth-order valence-corrected chi connectivity index (χ4v) is 4.94. The molecule has 0 atom stereocenters. The summed E-state index contributed by atoms with van der Waals surface area (Å²) in [6.07, 6.45) is 4.29. The van der Waals surface area contributed by atoms with E-state index in [1.165, 1.54) is 16.2 Å². The van der Waals surface area contributed by atoms with Crippen molar-refractivity contribution in [2.24, 2.45) is 0 Å². The van der Waals surface area contributed by atoms with E-state index in [1.54, 1.807) is 0 Å². The fourth-order valence-electron chi connectivity index (χ4n) is 4.94. The van der Waals surface area contributed by atoms with Crippen molar-refractivity contribution in [1.82, 2.24) is 20.1 Å². The third kappa shape index (κ3) is 2.60. The Bertz CT molecular complexity index is 973. The smallest absolute Gasteiger partial charge is 0.325 e. The predicted octanol–water partition coefficient (Wildman–Crippen LogP) is 2.31. The maximum absolute atomic E-state index is 12.8. The third-order valence-corrected chi connectivity index (χ3v) is 6.49. The first-order chi connectivity index (χ1) is 13.6. The first-order valence-corrected chi connectivity index (χ1v) is 10.1. The van der Waals surface area contributed by atoms with Crippen LogP contribution in [0.3, 0.4) is 0 Å². The lowest BCUT2D eigenvalue weighted by atomic mass is 9.98. The number of fused-ring (bicyclic) bond motifs is 3. The average Bonchev–Trinajstić information content (AvgIpc) is 3.37. The number of H-pyrrole nitrogens is 1. The highest BCUT2D eigenvalue weighted by Crippen LogP contribution is 2.35. The molecule has 0 bridgehead atoms. The van der Waals surface area contributed by atoms with Gasteiger partial charge in [-0.1, -0.05) is 31.0 Å². The van der Waals surface area contributed by atoms with Crippen LogP contribution in [0.15, 0.2) is 24.3 Å². The normalized spacial score (nSPS) is 20.9. The Morgan fingerprint density at radius 3 is 2.75 bits per heavy atom. The van der Waals surface area contributed by atoms with Gasteiger partial charge in [0.1, 0.15) is 5.54 Å². The van der Waals surface area contributed by atoms with Crippen LogP contribution in [0.4, 0.5) is 4.79 Å². The Labute approximate surface area is 163 Å². The second-order valence-electron chi connectivity index (χ2n) is 8.12. The van der Waals surface area contributed by atoms with Crippen LogP contribution in [0, 0.1) is 0 Å². The number of nitrogens with one attached hydrogen (secondary N) is 2. The number of urea groups is 1. The molecule has 0 unspecified atom stereocenters. The SMILES string of the molecule is O=C(CCN1C(=O)NC2(CCCC2)C1=O)N1CCc2[nH]c3ccccc3c2C1. The Morgan fingerprint density at radius 2 is 1.93 bits per heavy atom. The van der Waals surface area contributed by atoms with Gasteiger partial charge in [0.15, 0.2) is 0 Å². The zero-order valence-electron chi connectivity index (χ0n) is 15.8. The van der Waals surface area contributed by atoms with Gasteiger partial charge in [-0.2, -0.15) is 0 Å². The molecule has 7 heteroatoms. The molecule has 3 heterocycles. The fraction of sp³-hybridized carbons (Fsp3) is 0.476. The number of imide groups is 1. The topological polar surface area (TPSA) is 85.5 Å². The number of hydrogen-bond acceptors (Lipinski definition) is 3. The van der Waals surface area contributed by atoms with E-state index in [4.69, 9.17) is 0 Å². The molecular weight excluding hydrogens is 356 g/mol. The Morgan fingerprint density at radius 1 is 1.14 bits per heavy atom. The summed E-state index contributed by atoms with van der Waals surface area (Å²) < 4.78 is 0. The molecule has 3 aliphatic rings. The Balaban J connectivity index is 1.25. The minimum absolute atomic E-state index is 0.0103. The molecule has 28 heavy (non-hydrogen) atoms. The maximum atomic E-state index is 12.8. The first kappa shape index (κ1) is 17.3. The van der Waals surface area contributed by atoms with Crippen molar-refractivity contribution >= 4 is 28.7 Å². The summed E-state index contributed by atoms with van der Waals surface area (Å²) in [5, 5.41) is 4.03. The molecule has 1 aromatic carbocycles. The van der Waals surface area contributed by atoms with Gasteiger partial charge in [0.05, 0.1) is 0 Å². The van der Waals surface area contributed by atoms with Crippen molar-refractivity contribution < 1.29 is 14.4 Å². The Kier molecular flexibility index (Phi) is 3.92. The van der Waals surface area contributed by atoms with Gasteiger partial charge in [-0.15, -0.1) is 0 Å². The van der Waals surface area contributed by atoms with Crippen LogP contribution in [-0.2, 0) is 22.6 Å². The molecule has 1 aliphatic carbocycles. The quantitative estimate of drug-likeness (QED) is 0.802. The number of nitrogens with zero attached hydrogens (tertiary/aromatic N) is 2. The van der Waals surface area contributed by atoms with Crippen LogP contribution in [0.1, 0.15) is 43.4 Å². The monoisotopic (exact) mass is 380 g/mol. The molecule has 1 saturated heterocycles. The molecule has 1 saturated carbocycles. The molecule has 2 fully saturated rings. The molecule has 5 rings (SSSR count). The molecule has 4 amide bonds. The van der Waals surface area contributed by atoms with E-state index in [0.29, 0.717) is 25.9 Å².